The molecular formula is C9H17N3. The van der Waals surface area contributed by atoms with Crippen molar-refractivity contribution in [2.75, 3.05) is 0 Å². The van der Waals surface area contributed by atoms with Crippen molar-refractivity contribution in [1.82, 2.24) is 5.43 Å². The van der Waals surface area contributed by atoms with Crippen molar-refractivity contribution in [3.63, 3.8) is 0 Å². The Labute approximate surface area is 73.4 Å². The number of amidine groups is 1. The van der Waals surface area contributed by atoms with Gasteiger partial charge in [0.25, 0.3) is 0 Å². The maximum absolute atomic E-state index is 5.45. The predicted molar refractivity (Wildman–Crippen MR) is 49.7 cm³/mol. The zero-order valence-corrected chi connectivity index (χ0v) is 7.42. The number of nitrogens with zero attached hydrogens (tertiary/aromatic N) is 1. The van der Waals surface area contributed by atoms with Crippen molar-refractivity contribution in [2.45, 2.75) is 44.6 Å². The SMILES string of the molecule is NNC(=NC1CC1)C1CCCC1. The van der Waals surface area contributed by atoms with E-state index >= 15 is 0 Å². The molecule has 3 heteroatoms. The zero-order chi connectivity index (χ0) is 8.39. The van der Waals surface area contributed by atoms with E-state index in [2.05, 4.69) is 10.4 Å². The van der Waals surface area contributed by atoms with Crippen molar-refractivity contribution < 1.29 is 0 Å². The van der Waals surface area contributed by atoms with Gasteiger partial charge in [0, 0.05) is 5.92 Å². The largest absolute Gasteiger partial charge is 0.312 e. The molecular weight excluding hydrogens is 150 g/mol. The Bertz CT molecular complexity index is 178. The predicted octanol–water partition coefficient (Wildman–Crippen LogP) is 1.20. The molecule has 2 saturated carbocycles. The van der Waals surface area contributed by atoms with Gasteiger partial charge in [-0.3, -0.25) is 4.99 Å². The second kappa shape index (κ2) is 3.44. The Hall–Kier alpha value is -0.570. The Morgan fingerprint density at radius 3 is 2.33 bits per heavy atom. The van der Waals surface area contributed by atoms with E-state index < -0.39 is 0 Å². The first kappa shape index (κ1) is 8.05. The number of hydrazine groups is 1. The van der Waals surface area contributed by atoms with Crippen LogP contribution in [0.2, 0.25) is 0 Å². The van der Waals surface area contributed by atoms with Gasteiger partial charge in [-0.15, -0.1) is 0 Å². The second-order valence-electron chi connectivity index (χ2n) is 3.87. The van der Waals surface area contributed by atoms with Crippen LogP contribution in [0.3, 0.4) is 0 Å². The van der Waals surface area contributed by atoms with Crippen molar-refractivity contribution >= 4 is 5.84 Å². The monoisotopic (exact) mass is 167 g/mol. The van der Waals surface area contributed by atoms with Crippen LogP contribution in [0.15, 0.2) is 4.99 Å². The van der Waals surface area contributed by atoms with Crippen molar-refractivity contribution in [1.29, 1.82) is 0 Å². The fraction of sp³-hybridized carbons (Fsp3) is 0.889. The molecule has 0 heterocycles. The highest BCUT2D eigenvalue weighted by molar-refractivity contribution is 5.84. The van der Waals surface area contributed by atoms with Gasteiger partial charge in [-0.05, 0) is 25.7 Å². The van der Waals surface area contributed by atoms with Crippen LogP contribution >= 0.6 is 0 Å². The Kier molecular flexibility index (Phi) is 2.30. The van der Waals surface area contributed by atoms with Crippen molar-refractivity contribution in [3.8, 4) is 0 Å². The van der Waals surface area contributed by atoms with Gasteiger partial charge in [0.05, 0.1) is 6.04 Å². The summed E-state index contributed by atoms with van der Waals surface area (Å²) >= 11 is 0. The summed E-state index contributed by atoms with van der Waals surface area (Å²) in [7, 11) is 0. The number of nitrogens with two attached hydrogens (primary N) is 1. The summed E-state index contributed by atoms with van der Waals surface area (Å²) < 4.78 is 0. The summed E-state index contributed by atoms with van der Waals surface area (Å²) in [4.78, 5) is 4.57. The quantitative estimate of drug-likeness (QED) is 0.281. The highest BCUT2D eigenvalue weighted by Gasteiger charge is 2.25. The third-order valence-corrected chi connectivity index (χ3v) is 2.76. The van der Waals surface area contributed by atoms with Gasteiger partial charge in [-0.1, -0.05) is 12.8 Å². The molecule has 12 heavy (non-hydrogen) atoms. The molecule has 0 aromatic rings. The average Bonchev–Trinajstić information content (AvgIpc) is 2.74. The van der Waals surface area contributed by atoms with Crippen LogP contribution in [0.4, 0.5) is 0 Å². The van der Waals surface area contributed by atoms with Crippen LogP contribution in [0.5, 0.6) is 0 Å². The molecule has 2 aliphatic carbocycles. The lowest BCUT2D eigenvalue weighted by molar-refractivity contribution is 0.687. The van der Waals surface area contributed by atoms with Crippen molar-refractivity contribution in [3.05, 3.63) is 0 Å². The molecule has 3 N–H and O–H groups in total. The molecule has 2 fully saturated rings. The summed E-state index contributed by atoms with van der Waals surface area (Å²) in [5.74, 6) is 7.15. The van der Waals surface area contributed by atoms with Crippen LogP contribution in [-0.2, 0) is 0 Å². The third-order valence-electron chi connectivity index (χ3n) is 2.76. The van der Waals surface area contributed by atoms with Crippen LogP contribution in [-0.4, -0.2) is 11.9 Å². The molecule has 0 saturated heterocycles. The van der Waals surface area contributed by atoms with Gasteiger partial charge < -0.3 is 5.43 Å². The van der Waals surface area contributed by atoms with Crippen LogP contribution in [0, 0.1) is 5.92 Å². The molecule has 0 amide bonds. The molecule has 0 bridgehead atoms. The van der Waals surface area contributed by atoms with E-state index in [1.54, 1.807) is 0 Å². The first-order valence-corrected chi connectivity index (χ1v) is 4.94. The standard InChI is InChI=1S/C9H17N3/c10-12-9(11-8-5-6-8)7-3-1-2-4-7/h7-8H,1-6,10H2,(H,11,12). The minimum absolute atomic E-state index is 0.594. The van der Waals surface area contributed by atoms with Crippen LogP contribution < -0.4 is 11.3 Å². The van der Waals surface area contributed by atoms with E-state index in [9.17, 15) is 0 Å². The smallest absolute Gasteiger partial charge is 0.114 e. The molecule has 2 rings (SSSR count). The van der Waals surface area contributed by atoms with E-state index in [4.69, 9.17) is 5.84 Å². The maximum atomic E-state index is 5.45. The Balaban J connectivity index is 1.95. The van der Waals surface area contributed by atoms with Gasteiger partial charge in [0.15, 0.2) is 0 Å². The Morgan fingerprint density at radius 2 is 1.83 bits per heavy atom. The summed E-state index contributed by atoms with van der Waals surface area (Å²) in [5.41, 5.74) is 2.77. The van der Waals surface area contributed by atoms with Gasteiger partial charge in [0.2, 0.25) is 0 Å². The first-order valence-electron chi connectivity index (χ1n) is 4.94. The van der Waals surface area contributed by atoms with E-state index in [0.29, 0.717) is 12.0 Å². The number of hydrogen-bond donors (Lipinski definition) is 2. The second-order valence-corrected chi connectivity index (χ2v) is 3.87. The summed E-state index contributed by atoms with van der Waals surface area (Å²) in [5, 5.41) is 0. The highest BCUT2D eigenvalue weighted by atomic mass is 15.3. The molecule has 0 aromatic carbocycles. The molecule has 0 aromatic heterocycles. The molecule has 0 aliphatic heterocycles. The van der Waals surface area contributed by atoms with E-state index in [0.717, 1.165) is 5.84 Å². The third kappa shape index (κ3) is 1.78. The maximum Gasteiger partial charge on any atom is 0.114 e. The van der Waals surface area contributed by atoms with Crippen LogP contribution in [0.25, 0.3) is 0 Å². The number of hydrogen-bond acceptors (Lipinski definition) is 2. The molecule has 0 spiro atoms. The molecule has 3 nitrogen and oxygen atoms in total. The summed E-state index contributed by atoms with van der Waals surface area (Å²) in [6.07, 6.45) is 7.76. The van der Waals surface area contributed by atoms with Gasteiger partial charge in [0.1, 0.15) is 5.84 Å². The topological polar surface area (TPSA) is 50.4 Å². The molecule has 0 atom stereocenters. The molecule has 0 radical (unpaired) electrons. The fourth-order valence-corrected chi connectivity index (χ4v) is 1.86. The highest BCUT2D eigenvalue weighted by Crippen LogP contribution is 2.28. The molecule has 2 aliphatic rings. The molecule has 0 unspecified atom stereocenters. The fourth-order valence-electron chi connectivity index (χ4n) is 1.86. The van der Waals surface area contributed by atoms with Gasteiger partial charge >= 0.3 is 0 Å². The minimum Gasteiger partial charge on any atom is -0.312 e. The lowest BCUT2D eigenvalue weighted by Gasteiger charge is -2.11. The summed E-state index contributed by atoms with van der Waals surface area (Å²) in [6, 6.07) is 0.594. The van der Waals surface area contributed by atoms with Crippen molar-refractivity contribution in [2.24, 2.45) is 16.8 Å². The first-order chi connectivity index (χ1) is 5.90. The lowest BCUT2D eigenvalue weighted by Crippen LogP contribution is -2.35. The zero-order valence-electron chi connectivity index (χ0n) is 7.42. The number of nitrogens with one attached hydrogen (secondary N) is 1. The van der Waals surface area contributed by atoms with E-state index in [1.165, 1.54) is 38.5 Å². The van der Waals surface area contributed by atoms with E-state index in [-0.39, 0.29) is 0 Å². The number of rotatable bonds is 2. The minimum atomic E-state index is 0.594. The molecule has 68 valence electrons. The average molecular weight is 167 g/mol. The van der Waals surface area contributed by atoms with Gasteiger partial charge in [-0.2, -0.15) is 0 Å². The number of aliphatic imine (C=N–C) groups is 1. The normalized spacial score (nSPS) is 26.2. The lowest BCUT2D eigenvalue weighted by atomic mass is 10.1. The van der Waals surface area contributed by atoms with Crippen LogP contribution in [0.1, 0.15) is 38.5 Å². The summed E-state index contributed by atoms with van der Waals surface area (Å²) in [6.45, 7) is 0. The van der Waals surface area contributed by atoms with E-state index in [1.807, 2.05) is 0 Å². The Morgan fingerprint density at radius 1 is 1.17 bits per heavy atom. The van der Waals surface area contributed by atoms with Gasteiger partial charge in [-0.25, -0.2) is 5.84 Å².